The maximum Gasteiger partial charge on any atom is 0.264 e. The van der Waals surface area contributed by atoms with E-state index in [-0.39, 0.29) is 16.4 Å². The number of fused-ring (bicyclic) bond motifs is 1. The Balaban J connectivity index is 1.43. The minimum Gasteiger partial charge on any atom is -0.378 e. The topological polar surface area (TPSA) is 88.6 Å². The Morgan fingerprint density at radius 2 is 1.88 bits per heavy atom. The highest BCUT2D eigenvalue weighted by Crippen LogP contribution is 2.33. The molecule has 1 aliphatic rings. The van der Waals surface area contributed by atoms with Crippen LogP contribution in [0.3, 0.4) is 0 Å². The quantitative estimate of drug-likeness (QED) is 0.519. The number of methoxy groups -OCH3 is 1. The van der Waals surface area contributed by atoms with Crippen molar-refractivity contribution in [3.8, 4) is 0 Å². The van der Waals surface area contributed by atoms with Crippen LogP contribution in [0.1, 0.15) is 43.5 Å². The zero-order chi connectivity index (χ0) is 23.6. The number of thiazole rings is 1. The van der Waals surface area contributed by atoms with Crippen molar-refractivity contribution >= 4 is 43.2 Å². The molecule has 4 rings (SSSR count). The van der Waals surface area contributed by atoms with E-state index in [9.17, 15) is 13.2 Å². The summed E-state index contributed by atoms with van der Waals surface area (Å²) in [6.45, 7) is 5.66. The first-order valence-corrected chi connectivity index (χ1v) is 13.4. The van der Waals surface area contributed by atoms with Crippen LogP contribution in [-0.2, 0) is 14.8 Å². The van der Waals surface area contributed by atoms with Crippen molar-refractivity contribution in [2.75, 3.05) is 24.9 Å². The Kier molecular flexibility index (Phi) is 6.74. The number of benzene rings is 2. The smallest absolute Gasteiger partial charge is 0.264 e. The molecule has 9 heteroatoms. The molecule has 1 aliphatic heterocycles. The molecule has 1 amide bonds. The second-order valence-electron chi connectivity index (χ2n) is 8.92. The average molecular weight is 488 g/mol. The Morgan fingerprint density at radius 3 is 2.52 bits per heavy atom. The molecule has 0 saturated carbocycles. The Labute approximate surface area is 198 Å². The largest absolute Gasteiger partial charge is 0.378 e. The molecule has 2 heterocycles. The van der Waals surface area contributed by atoms with Gasteiger partial charge in [-0.2, -0.15) is 0 Å². The molecular formula is C24H29N3O4S2. The highest BCUT2D eigenvalue weighted by Gasteiger charge is 2.36. The third-order valence-corrected chi connectivity index (χ3v) is 8.38. The fraction of sp³-hybridized carbons (Fsp3) is 0.417. The lowest BCUT2D eigenvalue weighted by molar-refractivity contribution is -0.0650. The number of hydrogen-bond acceptors (Lipinski definition) is 6. The number of amides is 1. The van der Waals surface area contributed by atoms with Crippen molar-refractivity contribution in [2.45, 2.75) is 43.6 Å². The Bertz CT molecular complexity index is 1230. The predicted octanol–water partition coefficient (Wildman–Crippen LogP) is 4.76. The van der Waals surface area contributed by atoms with Gasteiger partial charge in [0, 0.05) is 31.5 Å². The number of nitrogens with zero attached hydrogens (tertiary/aromatic N) is 2. The third-order valence-electron chi connectivity index (χ3n) is 6.17. The van der Waals surface area contributed by atoms with E-state index in [1.54, 1.807) is 43.0 Å². The van der Waals surface area contributed by atoms with Crippen LogP contribution in [-0.4, -0.2) is 50.0 Å². The molecule has 3 aromatic rings. The zero-order valence-corrected chi connectivity index (χ0v) is 20.7. The molecule has 0 bridgehead atoms. The summed E-state index contributed by atoms with van der Waals surface area (Å²) in [7, 11) is -2.05. The second-order valence-corrected chi connectivity index (χ2v) is 11.5. The lowest BCUT2D eigenvalue weighted by Gasteiger charge is -2.42. The third kappa shape index (κ3) is 5.05. The summed E-state index contributed by atoms with van der Waals surface area (Å²) >= 11 is 1.39. The molecule has 176 valence electrons. The number of likely N-dealkylation sites (tertiary alicyclic amines) is 1. The van der Waals surface area contributed by atoms with Gasteiger partial charge in [0.1, 0.15) is 10.4 Å². The van der Waals surface area contributed by atoms with Gasteiger partial charge < -0.3 is 9.64 Å². The molecule has 2 aromatic carbocycles. The van der Waals surface area contributed by atoms with Crippen LogP contribution < -0.4 is 4.72 Å². The minimum absolute atomic E-state index is 0.0501. The zero-order valence-electron chi connectivity index (χ0n) is 19.1. The van der Waals surface area contributed by atoms with Gasteiger partial charge in [-0.25, -0.2) is 13.4 Å². The van der Waals surface area contributed by atoms with Crippen molar-refractivity contribution in [3.63, 3.8) is 0 Å². The van der Waals surface area contributed by atoms with Gasteiger partial charge >= 0.3 is 0 Å². The molecule has 7 nitrogen and oxygen atoms in total. The van der Waals surface area contributed by atoms with Gasteiger partial charge in [0.2, 0.25) is 0 Å². The van der Waals surface area contributed by atoms with E-state index in [1.807, 2.05) is 11.0 Å². The number of hydrogen-bond donors (Lipinski definition) is 1. The summed E-state index contributed by atoms with van der Waals surface area (Å²) < 4.78 is 35.1. The van der Waals surface area contributed by atoms with Crippen LogP contribution in [0, 0.1) is 5.92 Å². The summed E-state index contributed by atoms with van der Waals surface area (Å²) in [5.41, 5.74) is 2.86. The van der Waals surface area contributed by atoms with Crippen LogP contribution in [0.15, 0.2) is 52.9 Å². The second kappa shape index (κ2) is 9.40. The number of anilines is 1. The van der Waals surface area contributed by atoms with Gasteiger partial charge in [-0.15, -0.1) is 11.3 Å². The fourth-order valence-electron chi connectivity index (χ4n) is 4.50. The van der Waals surface area contributed by atoms with E-state index >= 15 is 0 Å². The standard InChI is InChI=1S/C24H29N3O4S2/c1-17(2)15-24(31-3)11-13-27(14-12-24)23(28)18-7-9-19(10-8-18)26-33(29,30)21-6-4-5-20-22(21)25-16-32-20/h4-10,16-17,26H,11-15H2,1-3H3. The molecule has 0 spiro atoms. The van der Waals surface area contributed by atoms with E-state index in [0.29, 0.717) is 35.8 Å². The van der Waals surface area contributed by atoms with Crippen LogP contribution in [0.25, 0.3) is 10.2 Å². The lowest BCUT2D eigenvalue weighted by Crippen LogP contribution is -2.48. The Hall–Kier alpha value is -2.49. The molecular weight excluding hydrogens is 458 g/mol. The highest BCUT2D eigenvalue weighted by atomic mass is 32.2. The fourth-order valence-corrected chi connectivity index (χ4v) is 6.50. The van der Waals surface area contributed by atoms with Gasteiger partial charge in [-0.1, -0.05) is 19.9 Å². The van der Waals surface area contributed by atoms with Crippen molar-refractivity contribution in [1.29, 1.82) is 0 Å². The first-order valence-electron chi connectivity index (χ1n) is 11.0. The first-order chi connectivity index (χ1) is 15.7. The number of carbonyl (C=O) groups is 1. The Morgan fingerprint density at radius 1 is 1.18 bits per heavy atom. The number of rotatable bonds is 7. The number of carbonyl (C=O) groups excluding carboxylic acids is 1. The van der Waals surface area contributed by atoms with Crippen molar-refractivity contribution < 1.29 is 17.9 Å². The van der Waals surface area contributed by atoms with Gasteiger partial charge in [-0.05, 0) is 61.6 Å². The summed E-state index contributed by atoms with van der Waals surface area (Å²) in [5, 5.41) is 0. The first kappa shape index (κ1) is 23.7. The molecule has 1 aromatic heterocycles. The van der Waals surface area contributed by atoms with E-state index in [4.69, 9.17) is 4.74 Å². The van der Waals surface area contributed by atoms with E-state index < -0.39 is 10.0 Å². The molecule has 1 saturated heterocycles. The summed E-state index contributed by atoms with van der Waals surface area (Å²) in [6.07, 6.45) is 2.61. The molecule has 0 aliphatic carbocycles. The van der Waals surface area contributed by atoms with Crippen LogP contribution in [0.2, 0.25) is 0 Å². The summed E-state index contributed by atoms with van der Waals surface area (Å²) in [5.74, 6) is 0.483. The van der Waals surface area contributed by atoms with E-state index in [2.05, 4.69) is 23.6 Å². The number of aromatic nitrogens is 1. The molecule has 0 atom stereocenters. The average Bonchev–Trinajstić information content (AvgIpc) is 3.28. The van der Waals surface area contributed by atoms with Crippen molar-refractivity contribution in [2.24, 2.45) is 5.92 Å². The van der Waals surface area contributed by atoms with Crippen LogP contribution in [0.5, 0.6) is 0 Å². The molecule has 33 heavy (non-hydrogen) atoms. The molecule has 1 N–H and O–H groups in total. The van der Waals surface area contributed by atoms with Crippen LogP contribution >= 0.6 is 11.3 Å². The maximum atomic E-state index is 13.0. The molecule has 0 unspecified atom stereocenters. The van der Waals surface area contributed by atoms with E-state index in [1.165, 1.54) is 17.4 Å². The van der Waals surface area contributed by atoms with Crippen molar-refractivity contribution in [1.82, 2.24) is 9.88 Å². The van der Waals surface area contributed by atoms with Gasteiger partial charge in [0.05, 0.1) is 15.8 Å². The van der Waals surface area contributed by atoms with Crippen molar-refractivity contribution in [3.05, 3.63) is 53.5 Å². The number of sulfonamides is 1. The minimum atomic E-state index is -3.80. The maximum absolute atomic E-state index is 13.0. The number of ether oxygens (including phenoxy) is 1. The van der Waals surface area contributed by atoms with Crippen LogP contribution in [0.4, 0.5) is 5.69 Å². The number of para-hydroxylation sites is 1. The summed E-state index contributed by atoms with van der Waals surface area (Å²) in [4.78, 5) is 19.2. The van der Waals surface area contributed by atoms with Gasteiger partial charge in [-0.3, -0.25) is 9.52 Å². The van der Waals surface area contributed by atoms with E-state index in [0.717, 1.165) is 24.0 Å². The number of nitrogens with one attached hydrogen (secondary N) is 1. The SMILES string of the molecule is COC1(CC(C)C)CCN(C(=O)c2ccc(NS(=O)(=O)c3cccc4scnc34)cc2)CC1. The molecule has 1 fully saturated rings. The van der Waals surface area contributed by atoms with Gasteiger partial charge in [0.15, 0.2) is 0 Å². The summed E-state index contributed by atoms with van der Waals surface area (Å²) in [6, 6.07) is 11.6. The predicted molar refractivity (Wildman–Crippen MR) is 131 cm³/mol. The lowest BCUT2D eigenvalue weighted by atomic mass is 9.83. The number of piperidine rings is 1. The highest BCUT2D eigenvalue weighted by molar-refractivity contribution is 7.93. The normalized spacial score (nSPS) is 16.3. The molecule has 0 radical (unpaired) electrons. The monoisotopic (exact) mass is 487 g/mol. The van der Waals surface area contributed by atoms with Gasteiger partial charge in [0.25, 0.3) is 15.9 Å².